The van der Waals surface area contributed by atoms with Crippen molar-refractivity contribution in [2.24, 2.45) is 5.73 Å². The Morgan fingerprint density at radius 3 is 2.71 bits per heavy atom. The number of amides is 2. The minimum Gasteiger partial charge on any atom is -0.464 e. The normalized spacial score (nSPS) is 20.1. The van der Waals surface area contributed by atoms with Crippen molar-refractivity contribution in [3.8, 4) is 0 Å². The Morgan fingerprint density at radius 2 is 2.21 bits per heavy atom. The highest BCUT2D eigenvalue weighted by Crippen LogP contribution is 2.17. The van der Waals surface area contributed by atoms with Gasteiger partial charge in [0.05, 0.1) is 6.61 Å². The lowest BCUT2D eigenvalue weighted by Gasteiger charge is -2.20. The zero-order valence-electron chi connectivity index (χ0n) is 8.06. The van der Waals surface area contributed by atoms with Crippen molar-refractivity contribution in [2.45, 2.75) is 25.8 Å². The first-order chi connectivity index (χ1) is 6.16. The molecule has 0 bridgehead atoms. The standard InChI is InChI=1S/C8H14N2O3.ClH/c1-2-13-7(11)6-4-3-5-10(6)8(9)12;/h6H,2-5H2,1H3,(H2,9,12);1H/t6-;/m0./s1. The van der Waals surface area contributed by atoms with Gasteiger partial charge in [0.25, 0.3) is 0 Å². The smallest absolute Gasteiger partial charge is 0.328 e. The van der Waals surface area contributed by atoms with Gasteiger partial charge in [-0.2, -0.15) is 0 Å². The molecule has 1 atom stereocenters. The Kier molecular flexibility index (Phi) is 5.30. The number of ether oxygens (including phenoxy) is 1. The molecule has 6 heteroatoms. The molecule has 0 radical (unpaired) electrons. The number of carbonyl (C=O) groups is 2. The first-order valence-corrected chi connectivity index (χ1v) is 4.39. The number of nitrogens with zero attached hydrogens (tertiary/aromatic N) is 1. The van der Waals surface area contributed by atoms with Gasteiger partial charge in [-0.05, 0) is 19.8 Å². The lowest BCUT2D eigenvalue weighted by atomic mass is 10.2. The van der Waals surface area contributed by atoms with Gasteiger partial charge in [0.1, 0.15) is 6.04 Å². The van der Waals surface area contributed by atoms with Crippen LogP contribution in [-0.2, 0) is 9.53 Å². The van der Waals surface area contributed by atoms with E-state index in [1.54, 1.807) is 6.92 Å². The van der Waals surface area contributed by atoms with Gasteiger partial charge >= 0.3 is 12.0 Å². The summed E-state index contributed by atoms with van der Waals surface area (Å²) in [5.41, 5.74) is 5.10. The number of likely N-dealkylation sites (tertiary alicyclic amines) is 1. The number of hydrogen-bond acceptors (Lipinski definition) is 3. The molecule has 0 aromatic heterocycles. The van der Waals surface area contributed by atoms with E-state index in [0.717, 1.165) is 6.42 Å². The van der Waals surface area contributed by atoms with Crippen molar-refractivity contribution in [1.82, 2.24) is 4.90 Å². The second kappa shape index (κ2) is 5.70. The average Bonchev–Trinajstić information content (AvgIpc) is 2.52. The Labute approximate surface area is 89.0 Å². The van der Waals surface area contributed by atoms with E-state index in [2.05, 4.69) is 0 Å². The first kappa shape index (κ1) is 13.0. The van der Waals surface area contributed by atoms with Crippen LogP contribution in [0.25, 0.3) is 0 Å². The highest BCUT2D eigenvalue weighted by molar-refractivity contribution is 5.85. The van der Waals surface area contributed by atoms with Gasteiger partial charge in [-0.25, -0.2) is 9.59 Å². The van der Waals surface area contributed by atoms with Crippen molar-refractivity contribution in [3.05, 3.63) is 0 Å². The number of primary amides is 1. The molecule has 1 heterocycles. The van der Waals surface area contributed by atoms with Crippen molar-refractivity contribution in [2.75, 3.05) is 13.2 Å². The van der Waals surface area contributed by atoms with Gasteiger partial charge in [0, 0.05) is 6.54 Å². The molecule has 1 saturated heterocycles. The average molecular weight is 223 g/mol. The van der Waals surface area contributed by atoms with Gasteiger partial charge in [-0.1, -0.05) is 0 Å². The summed E-state index contributed by atoms with van der Waals surface area (Å²) in [5, 5.41) is 0. The number of nitrogens with two attached hydrogens (primary N) is 1. The van der Waals surface area contributed by atoms with Crippen molar-refractivity contribution in [3.63, 3.8) is 0 Å². The van der Waals surface area contributed by atoms with E-state index in [4.69, 9.17) is 10.5 Å². The molecule has 0 aromatic rings. The monoisotopic (exact) mass is 222 g/mol. The maximum Gasteiger partial charge on any atom is 0.328 e. The molecule has 5 nitrogen and oxygen atoms in total. The zero-order chi connectivity index (χ0) is 9.84. The largest absolute Gasteiger partial charge is 0.464 e. The van der Waals surface area contributed by atoms with Crippen LogP contribution in [0.2, 0.25) is 0 Å². The summed E-state index contributed by atoms with van der Waals surface area (Å²) in [5.74, 6) is -0.348. The summed E-state index contributed by atoms with van der Waals surface area (Å²) in [7, 11) is 0. The lowest BCUT2D eigenvalue weighted by molar-refractivity contribution is -0.147. The lowest BCUT2D eigenvalue weighted by Crippen LogP contribution is -2.44. The van der Waals surface area contributed by atoms with Crippen LogP contribution in [0, 0.1) is 0 Å². The Hall–Kier alpha value is -0.970. The van der Waals surface area contributed by atoms with E-state index in [9.17, 15) is 9.59 Å². The molecule has 2 amide bonds. The summed E-state index contributed by atoms with van der Waals surface area (Å²) in [6.45, 7) is 2.63. The SMILES string of the molecule is CCOC(=O)[C@@H]1CCCN1C(N)=O.Cl. The van der Waals surface area contributed by atoms with E-state index >= 15 is 0 Å². The van der Waals surface area contributed by atoms with Crippen molar-refractivity contribution < 1.29 is 14.3 Å². The van der Waals surface area contributed by atoms with E-state index in [1.807, 2.05) is 0 Å². The van der Waals surface area contributed by atoms with E-state index in [1.165, 1.54) is 4.90 Å². The van der Waals surface area contributed by atoms with E-state index in [-0.39, 0.29) is 18.4 Å². The van der Waals surface area contributed by atoms with Crippen molar-refractivity contribution in [1.29, 1.82) is 0 Å². The fourth-order valence-electron chi connectivity index (χ4n) is 1.51. The molecule has 0 unspecified atom stereocenters. The number of rotatable bonds is 2. The van der Waals surface area contributed by atoms with Crippen LogP contribution in [0.5, 0.6) is 0 Å². The number of hydrogen-bond donors (Lipinski definition) is 1. The molecule has 14 heavy (non-hydrogen) atoms. The molecule has 0 aromatic carbocycles. The third-order valence-electron chi connectivity index (χ3n) is 2.09. The molecule has 1 aliphatic heterocycles. The van der Waals surface area contributed by atoms with Gasteiger partial charge in [0.2, 0.25) is 0 Å². The number of halogens is 1. The van der Waals surface area contributed by atoms with Gasteiger partial charge < -0.3 is 15.4 Å². The maximum atomic E-state index is 11.3. The minimum atomic E-state index is -0.546. The molecular formula is C8H15ClN2O3. The molecule has 0 spiro atoms. The molecule has 1 fully saturated rings. The summed E-state index contributed by atoms with van der Waals surface area (Å²) < 4.78 is 4.82. The van der Waals surface area contributed by atoms with E-state index < -0.39 is 12.1 Å². The zero-order valence-corrected chi connectivity index (χ0v) is 8.88. The van der Waals surface area contributed by atoms with Crippen LogP contribution in [0.1, 0.15) is 19.8 Å². The quantitative estimate of drug-likeness (QED) is 0.692. The minimum absolute atomic E-state index is 0. The van der Waals surface area contributed by atoms with Crippen LogP contribution in [0.4, 0.5) is 4.79 Å². The van der Waals surface area contributed by atoms with Gasteiger partial charge in [0.15, 0.2) is 0 Å². The Balaban J connectivity index is 0.00000169. The second-order valence-electron chi connectivity index (χ2n) is 2.94. The van der Waals surface area contributed by atoms with Crippen molar-refractivity contribution >= 4 is 24.4 Å². The summed E-state index contributed by atoms with van der Waals surface area (Å²) in [6, 6.07) is -1.01. The molecule has 82 valence electrons. The van der Waals surface area contributed by atoms with Crippen LogP contribution in [-0.4, -0.2) is 36.1 Å². The highest BCUT2D eigenvalue weighted by atomic mass is 35.5. The predicted molar refractivity (Wildman–Crippen MR) is 53.2 cm³/mol. The summed E-state index contributed by atoms with van der Waals surface area (Å²) in [6.07, 6.45) is 1.47. The molecule has 1 aliphatic rings. The third kappa shape index (κ3) is 2.77. The fraction of sp³-hybridized carbons (Fsp3) is 0.750. The van der Waals surface area contributed by atoms with Crippen LogP contribution in [0.3, 0.4) is 0 Å². The molecule has 1 rings (SSSR count). The fourth-order valence-corrected chi connectivity index (χ4v) is 1.51. The van der Waals surface area contributed by atoms with Gasteiger partial charge in [-0.15, -0.1) is 12.4 Å². The van der Waals surface area contributed by atoms with Gasteiger partial charge in [-0.3, -0.25) is 0 Å². The van der Waals surface area contributed by atoms with Crippen LogP contribution < -0.4 is 5.73 Å². The molecule has 2 N–H and O–H groups in total. The topological polar surface area (TPSA) is 72.6 Å². The predicted octanol–water partition coefficient (Wildman–Crippen LogP) is 0.514. The number of urea groups is 1. The summed E-state index contributed by atoms with van der Waals surface area (Å²) >= 11 is 0. The van der Waals surface area contributed by atoms with Crippen LogP contribution >= 0.6 is 12.4 Å². The third-order valence-corrected chi connectivity index (χ3v) is 2.09. The number of esters is 1. The van der Waals surface area contributed by atoms with E-state index in [0.29, 0.717) is 19.6 Å². The Morgan fingerprint density at radius 1 is 1.57 bits per heavy atom. The van der Waals surface area contributed by atoms with Crippen LogP contribution in [0.15, 0.2) is 0 Å². The number of carbonyl (C=O) groups excluding carboxylic acids is 2. The second-order valence-corrected chi connectivity index (χ2v) is 2.94. The molecular weight excluding hydrogens is 208 g/mol. The molecule has 0 aliphatic carbocycles. The Bertz CT molecular complexity index is 223. The maximum absolute atomic E-state index is 11.3. The summed E-state index contributed by atoms with van der Waals surface area (Å²) in [4.78, 5) is 23.5. The first-order valence-electron chi connectivity index (χ1n) is 4.39. The molecule has 0 saturated carbocycles. The highest BCUT2D eigenvalue weighted by Gasteiger charge is 2.33.